The van der Waals surface area contributed by atoms with E-state index in [1.165, 1.54) is 0 Å². The molecule has 4 heteroatoms. The molecule has 0 aromatic carbocycles. The number of aromatic nitrogens is 3. The fourth-order valence-electron chi connectivity index (χ4n) is 1.07. The second-order valence-electron chi connectivity index (χ2n) is 2.74. The third-order valence-corrected chi connectivity index (χ3v) is 1.64. The van der Waals surface area contributed by atoms with Crippen LogP contribution in [0.1, 0.15) is 0 Å². The van der Waals surface area contributed by atoms with Crippen molar-refractivity contribution >= 4 is 11.5 Å². The van der Waals surface area contributed by atoms with Crippen LogP contribution in [0.5, 0.6) is 0 Å². The highest BCUT2D eigenvalue weighted by Gasteiger charge is 1.95. The van der Waals surface area contributed by atoms with E-state index < -0.39 is 0 Å². The van der Waals surface area contributed by atoms with Crippen molar-refractivity contribution in [3.63, 3.8) is 0 Å². The molecule has 0 spiro atoms. The molecule has 2 rings (SSSR count). The van der Waals surface area contributed by atoms with Gasteiger partial charge in [-0.25, -0.2) is 4.98 Å². The fourth-order valence-corrected chi connectivity index (χ4v) is 1.07. The quantitative estimate of drug-likeness (QED) is 0.751. The van der Waals surface area contributed by atoms with Gasteiger partial charge in [-0.05, 0) is 12.1 Å². The van der Waals surface area contributed by atoms with Crippen molar-refractivity contribution in [3.05, 3.63) is 36.8 Å². The molecule has 0 fully saturated rings. The lowest BCUT2D eigenvalue weighted by Gasteiger charge is -1.99. The first kappa shape index (κ1) is 7.79. The monoisotopic (exact) mass is 174 g/mol. The van der Waals surface area contributed by atoms with Gasteiger partial charge in [-0.2, -0.15) is 5.10 Å². The number of pyridine rings is 1. The van der Waals surface area contributed by atoms with Crippen molar-refractivity contribution in [2.24, 2.45) is 7.05 Å². The first-order valence-electron chi connectivity index (χ1n) is 4.01. The highest BCUT2D eigenvalue weighted by Crippen LogP contribution is 2.11. The Hall–Kier alpha value is -1.84. The van der Waals surface area contributed by atoms with E-state index in [0.717, 1.165) is 11.5 Å². The molecule has 4 nitrogen and oxygen atoms in total. The maximum Gasteiger partial charge on any atom is 0.130 e. The van der Waals surface area contributed by atoms with Crippen molar-refractivity contribution in [2.45, 2.75) is 0 Å². The number of aryl methyl sites for hydroxylation is 1. The summed E-state index contributed by atoms with van der Waals surface area (Å²) >= 11 is 0. The summed E-state index contributed by atoms with van der Waals surface area (Å²) < 4.78 is 1.74. The maximum atomic E-state index is 4.14. The number of hydrogen-bond acceptors (Lipinski definition) is 3. The van der Waals surface area contributed by atoms with E-state index in [2.05, 4.69) is 15.4 Å². The molecule has 66 valence electrons. The molecule has 2 heterocycles. The Morgan fingerprint density at radius 2 is 2.31 bits per heavy atom. The molecular weight excluding hydrogens is 164 g/mol. The first-order chi connectivity index (χ1) is 6.34. The minimum absolute atomic E-state index is 0.829. The number of anilines is 2. The molecule has 1 N–H and O–H groups in total. The van der Waals surface area contributed by atoms with Gasteiger partial charge in [-0.15, -0.1) is 0 Å². The Balaban J connectivity index is 2.15. The Morgan fingerprint density at radius 1 is 1.38 bits per heavy atom. The lowest BCUT2D eigenvalue weighted by Crippen LogP contribution is -1.90. The fraction of sp³-hybridized carbons (Fsp3) is 0.111. The van der Waals surface area contributed by atoms with Crippen molar-refractivity contribution in [3.8, 4) is 0 Å². The first-order valence-corrected chi connectivity index (χ1v) is 4.01. The lowest BCUT2D eigenvalue weighted by atomic mass is 10.4. The van der Waals surface area contributed by atoms with Crippen molar-refractivity contribution in [1.82, 2.24) is 14.8 Å². The number of hydrogen-bond donors (Lipinski definition) is 1. The Morgan fingerprint density at radius 3 is 2.92 bits per heavy atom. The molecule has 0 saturated carbocycles. The zero-order chi connectivity index (χ0) is 9.10. The molecule has 0 atom stereocenters. The largest absolute Gasteiger partial charge is 0.338 e. The van der Waals surface area contributed by atoms with Gasteiger partial charge in [0.2, 0.25) is 0 Å². The van der Waals surface area contributed by atoms with Gasteiger partial charge in [0.25, 0.3) is 0 Å². The van der Waals surface area contributed by atoms with E-state index in [4.69, 9.17) is 0 Å². The molecule has 2 aromatic rings. The zero-order valence-corrected chi connectivity index (χ0v) is 7.31. The van der Waals surface area contributed by atoms with Crippen LogP contribution in [-0.2, 0) is 7.05 Å². The smallest absolute Gasteiger partial charge is 0.130 e. The maximum absolute atomic E-state index is 4.14. The molecule has 0 saturated heterocycles. The van der Waals surface area contributed by atoms with Gasteiger partial charge in [-0.1, -0.05) is 6.07 Å². The summed E-state index contributed by atoms with van der Waals surface area (Å²) in [5.41, 5.74) is 0.946. The van der Waals surface area contributed by atoms with E-state index in [1.54, 1.807) is 17.1 Å². The number of rotatable bonds is 2. The minimum atomic E-state index is 0.829. The second-order valence-corrected chi connectivity index (χ2v) is 2.74. The molecule has 0 aliphatic carbocycles. The molecule has 2 aromatic heterocycles. The second kappa shape index (κ2) is 3.26. The van der Waals surface area contributed by atoms with E-state index in [1.807, 2.05) is 31.4 Å². The van der Waals surface area contributed by atoms with Crippen LogP contribution >= 0.6 is 0 Å². The van der Waals surface area contributed by atoms with Crippen LogP contribution in [0.4, 0.5) is 11.5 Å². The highest BCUT2D eigenvalue weighted by atomic mass is 15.3. The molecule has 0 amide bonds. The van der Waals surface area contributed by atoms with Gasteiger partial charge in [0.15, 0.2) is 0 Å². The molecule has 0 aliphatic heterocycles. The molecule has 0 bridgehead atoms. The third-order valence-electron chi connectivity index (χ3n) is 1.64. The Labute approximate surface area is 76.2 Å². The summed E-state index contributed by atoms with van der Waals surface area (Å²) in [5, 5.41) is 7.17. The molecule has 0 aliphatic rings. The highest BCUT2D eigenvalue weighted by molar-refractivity contribution is 5.53. The predicted molar refractivity (Wildman–Crippen MR) is 50.7 cm³/mol. The van der Waals surface area contributed by atoms with Gasteiger partial charge in [0.05, 0.1) is 11.9 Å². The molecular formula is C9H10N4. The summed E-state index contributed by atoms with van der Waals surface area (Å²) in [6.45, 7) is 0. The van der Waals surface area contributed by atoms with Crippen LogP contribution in [-0.4, -0.2) is 14.8 Å². The summed E-state index contributed by atoms with van der Waals surface area (Å²) in [6.07, 6.45) is 5.40. The van der Waals surface area contributed by atoms with Gasteiger partial charge in [0, 0.05) is 19.4 Å². The Kier molecular flexibility index (Phi) is 1.96. The van der Waals surface area contributed by atoms with E-state index in [0.29, 0.717) is 0 Å². The average Bonchev–Trinajstić information content (AvgIpc) is 2.53. The van der Waals surface area contributed by atoms with Gasteiger partial charge >= 0.3 is 0 Å². The average molecular weight is 174 g/mol. The summed E-state index contributed by atoms with van der Waals surface area (Å²) in [7, 11) is 1.88. The molecule has 0 unspecified atom stereocenters. The lowest BCUT2D eigenvalue weighted by molar-refractivity contribution is 0.768. The van der Waals surface area contributed by atoms with E-state index >= 15 is 0 Å². The van der Waals surface area contributed by atoms with Crippen molar-refractivity contribution in [1.29, 1.82) is 0 Å². The molecule has 13 heavy (non-hydrogen) atoms. The minimum Gasteiger partial charge on any atom is -0.338 e. The normalized spacial score (nSPS) is 9.92. The standard InChI is InChI=1S/C9H10N4/c1-13-7-8(6-11-13)12-9-4-2-3-5-10-9/h2-7H,1H3,(H,10,12). The van der Waals surface area contributed by atoms with Gasteiger partial charge in [-0.3, -0.25) is 4.68 Å². The Bertz CT molecular complexity index is 380. The topological polar surface area (TPSA) is 42.7 Å². The number of nitrogens with zero attached hydrogens (tertiary/aromatic N) is 3. The van der Waals surface area contributed by atoms with Crippen LogP contribution in [0.25, 0.3) is 0 Å². The van der Waals surface area contributed by atoms with Crippen LogP contribution in [0.3, 0.4) is 0 Å². The molecule has 0 radical (unpaired) electrons. The predicted octanol–water partition coefficient (Wildman–Crippen LogP) is 1.56. The van der Waals surface area contributed by atoms with Gasteiger partial charge in [0.1, 0.15) is 5.82 Å². The van der Waals surface area contributed by atoms with Crippen LogP contribution < -0.4 is 5.32 Å². The van der Waals surface area contributed by atoms with E-state index in [9.17, 15) is 0 Å². The van der Waals surface area contributed by atoms with E-state index in [-0.39, 0.29) is 0 Å². The van der Waals surface area contributed by atoms with Crippen molar-refractivity contribution < 1.29 is 0 Å². The van der Waals surface area contributed by atoms with Crippen LogP contribution in [0.15, 0.2) is 36.8 Å². The van der Waals surface area contributed by atoms with Gasteiger partial charge < -0.3 is 5.32 Å². The summed E-state index contributed by atoms with van der Waals surface area (Å²) in [6, 6.07) is 5.73. The third kappa shape index (κ3) is 1.84. The van der Waals surface area contributed by atoms with Crippen LogP contribution in [0, 0.1) is 0 Å². The number of nitrogens with one attached hydrogen (secondary N) is 1. The zero-order valence-electron chi connectivity index (χ0n) is 7.31. The van der Waals surface area contributed by atoms with Crippen molar-refractivity contribution in [2.75, 3.05) is 5.32 Å². The SMILES string of the molecule is Cn1cc(Nc2ccccn2)cn1. The van der Waals surface area contributed by atoms with Crippen LogP contribution in [0.2, 0.25) is 0 Å². The summed E-state index contributed by atoms with van der Waals surface area (Å²) in [5.74, 6) is 0.829. The summed E-state index contributed by atoms with van der Waals surface area (Å²) in [4.78, 5) is 4.14.